The molecule has 0 bridgehead atoms. The summed E-state index contributed by atoms with van der Waals surface area (Å²) in [4.78, 5) is 11.2. The van der Waals surface area contributed by atoms with Crippen LogP contribution in [0.2, 0.25) is 0 Å². The van der Waals surface area contributed by atoms with Crippen LogP contribution in [0.1, 0.15) is 41.5 Å². The molecule has 25 heavy (non-hydrogen) atoms. The highest BCUT2D eigenvalue weighted by Gasteiger charge is 2.23. The van der Waals surface area contributed by atoms with Crippen LogP contribution < -0.4 is 0 Å². The average Bonchev–Trinajstić information content (AvgIpc) is 2.99. The third-order valence-electron chi connectivity index (χ3n) is 4.96. The monoisotopic (exact) mass is 339 g/mol. The molecule has 4 rings (SSSR count). The van der Waals surface area contributed by atoms with E-state index < -0.39 is 0 Å². The third-order valence-corrected chi connectivity index (χ3v) is 4.96. The van der Waals surface area contributed by atoms with Crippen molar-refractivity contribution in [3.05, 3.63) is 59.1 Å². The summed E-state index contributed by atoms with van der Waals surface area (Å²) in [7, 11) is 0. The Bertz CT molecular complexity index is 896. The second-order valence-corrected chi connectivity index (χ2v) is 6.86. The van der Waals surface area contributed by atoms with Crippen molar-refractivity contribution in [1.29, 1.82) is 0 Å². The Morgan fingerprint density at radius 3 is 2.76 bits per heavy atom. The molecule has 0 amide bonds. The van der Waals surface area contributed by atoms with Gasteiger partial charge >= 0.3 is 0 Å². The SMILES string of the molecule is Cc1cc2nc(C3CCN(Cc4ncccc4F)CC3)cc(C)n2n1. The van der Waals surface area contributed by atoms with Gasteiger partial charge in [-0.1, -0.05) is 0 Å². The summed E-state index contributed by atoms with van der Waals surface area (Å²) in [5, 5.41) is 4.47. The summed E-state index contributed by atoms with van der Waals surface area (Å²) in [5.41, 5.74) is 4.70. The van der Waals surface area contributed by atoms with Gasteiger partial charge in [0, 0.05) is 36.1 Å². The largest absolute Gasteiger partial charge is 0.297 e. The fourth-order valence-corrected chi connectivity index (χ4v) is 3.61. The summed E-state index contributed by atoms with van der Waals surface area (Å²) in [6.07, 6.45) is 3.72. The lowest BCUT2D eigenvalue weighted by Gasteiger charge is -2.31. The molecule has 0 saturated carbocycles. The predicted molar refractivity (Wildman–Crippen MR) is 93.9 cm³/mol. The standard InChI is InChI=1S/C19H22FN5/c1-13-10-19-22-17(11-14(2)25(19)23-13)15-5-8-24(9-6-15)12-18-16(20)4-3-7-21-18/h3-4,7,10-11,15H,5-6,8-9,12H2,1-2H3. The Hall–Kier alpha value is -2.34. The van der Waals surface area contributed by atoms with Gasteiger partial charge in [-0.25, -0.2) is 13.9 Å². The molecule has 1 fully saturated rings. The van der Waals surface area contributed by atoms with E-state index in [1.54, 1.807) is 12.3 Å². The molecule has 130 valence electrons. The van der Waals surface area contributed by atoms with Crippen molar-refractivity contribution in [2.45, 2.75) is 39.2 Å². The van der Waals surface area contributed by atoms with Gasteiger partial charge in [-0.15, -0.1) is 0 Å². The molecule has 3 aromatic rings. The molecular weight excluding hydrogens is 317 g/mol. The topological polar surface area (TPSA) is 46.3 Å². The lowest BCUT2D eigenvalue weighted by atomic mass is 9.93. The molecule has 5 nitrogen and oxygen atoms in total. The molecule has 3 aromatic heterocycles. The molecule has 1 aliphatic rings. The molecular formula is C19H22FN5. The normalized spacial score (nSPS) is 16.6. The van der Waals surface area contributed by atoms with Crippen LogP contribution >= 0.6 is 0 Å². The number of piperidine rings is 1. The second kappa shape index (κ2) is 6.52. The summed E-state index contributed by atoms with van der Waals surface area (Å²) in [6, 6.07) is 7.28. The van der Waals surface area contributed by atoms with Crippen molar-refractivity contribution in [2.24, 2.45) is 0 Å². The maximum Gasteiger partial charge on any atom is 0.155 e. The van der Waals surface area contributed by atoms with Crippen LogP contribution in [0, 0.1) is 19.7 Å². The van der Waals surface area contributed by atoms with Gasteiger partial charge in [-0.2, -0.15) is 5.10 Å². The highest BCUT2D eigenvalue weighted by molar-refractivity contribution is 5.42. The van der Waals surface area contributed by atoms with Crippen LogP contribution in [0.25, 0.3) is 5.65 Å². The number of likely N-dealkylation sites (tertiary alicyclic amines) is 1. The van der Waals surface area contributed by atoms with Gasteiger partial charge in [0.1, 0.15) is 5.82 Å². The summed E-state index contributed by atoms with van der Waals surface area (Å²) < 4.78 is 15.7. The zero-order valence-electron chi connectivity index (χ0n) is 14.6. The van der Waals surface area contributed by atoms with Crippen LogP contribution in [0.3, 0.4) is 0 Å². The van der Waals surface area contributed by atoms with Crippen molar-refractivity contribution < 1.29 is 4.39 Å². The van der Waals surface area contributed by atoms with Gasteiger partial charge in [-0.3, -0.25) is 9.88 Å². The number of halogens is 1. The molecule has 0 aromatic carbocycles. The maximum absolute atomic E-state index is 13.8. The molecule has 0 radical (unpaired) electrons. The fraction of sp³-hybridized carbons (Fsp3) is 0.421. The van der Waals surface area contributed by atoms with Gasteiger partial charge < -0.3 is 0 Å². The third kappa shape index (κ3) is 3.26. The first-order valence-corrected chi connectivity index (χ1v) is 8.76. The molecule has 6 heteroatoms. The summed E-state index contributed by atoms with van der Waals surface area (Å²) in [5.74, 6) is 0.229. The van der Waals surface area contributed by atoms with E-state index in [1.807, 2.05) is 17.5 Å². The van der Waals surface area contributed by atoms with E-state index in [9.17, 15) is 4.39 Å². The minimum Gasteiger partial charge on any atom is -0.297 e. The van der Waals surface area contributed by atoms with Crippen molar-refractivity contribution in [3.63, 3.8) is 0 Å². The number of pyridine rings is 1. The minimum atomic E-state index is -0.219. The molecule has 0 N–H and O–H groups in total. The van der Waals surface area contributed by atoms with E-state index in [0.29, 0.717) is 18.2 Å². The number of fused-ring (bicyclic) bond motifs is 1. The van der Waals surface area contributed by atoms with Crippen molar-refractivity contribution in [3.8, 4) is 0 Å². The number of hydrogen-bond donors (Lipinski definition) is 0. The highest BCUT2D eigenvalue weighted by atomic mass is 19.1. The highest BCUT2D eigenvalue weighted by Crippen LogP contribution is 2.28. The van der Waals surface area contributed by atoms with E-state index in [0.717, 1.165) is 48.7 Å². The quantitative estimate of drug-likeness (QED) is 0.735. The molecule has 0 atom stereocenters. The number of rotatable bonds is 3. The Morgan fingerprint density at radius 1 is 1.20 bits per heavy atom. The summed E-state index contributed by atoms with van der Waals surface area (Å²) in [6.45, 7) is 6.51. The molecule has 4 heterocycles. The van der Waals surface area contributed by atoms with Gasteiger partial charge in [0.2, 0.25) is 0 Å². The number of hydrogen-bond acceptors (Lipinski definition) is 4. The smallest absolute Gasteiger partial charge is 0.155 e. The lowest BCUT2D eigenvalue weighted by Crippen LogP contribution is -2.33. The zero-order chi connectivity index (χ0) is 17.4. The molecule has 1 saturated heterocycles. The maximum atomic E-state index is 13.8. The van der Waals surface area contributed by atoms with Crippen molar-refractivity contribution in [2.75, 3.05) is 13.1 Å². The van der Waals surface area contributed by atoms with Gasteiger partial charge in [0.05, 0.1) is 11.4 Å². The minimum absolute atomic E-state index is 0.219. The van der Waals surface area contributed by atoms with Gasteiger partial charge in [0.15, 0.2) is 5.65 Å². The Balaban J connectivity index is 1.46. The average molecular weight is 339 g/mol. The first-order chi connectivity index (χ1) is 12.1. The Morgan fingerprint density at radius 2 is 2.00 bits per heavy atom. The molecule has 0 spiro atoms. The van der Waals surface area contributed by atoms with Crippen LogP contribution in [0.4, 0.5) is 4.39 Å². The zero-order valence-corrected chi connectivity index (χ0v) is 14.6. The van der Waals surface area contributed by atoms with Crippen LogP contribution in [0.15, 0.2) is 30.5 Å². The van der Waals surface area contributed by atoms with Crippen LogP contribution in [0.5, 0.6) is 0 Å². The molecule has 0 aliphatic carbocycles. The van der Waals surface area contributed by atoms with Crippen LogP contribution in [-0.2, 0) is 6.54 Å². The van der Waals surface area contributed by atoms with Gasteiger partial charge in [-0.05, 0) is 58.0 Å². The van der Waals surface area contributed by atoms with Crippen LogP contribution in [-0.4, -0.2) is 37.6 Å². The Kier molecular flexibility index (Phi) is 4.21. The van der Waals surface area contributed by atoms with Gasteiger partial charge in [0.25, 0.3) is 0 Å². The fourth-order valence-electron chi connectivity index (χ4n) is 3.61. The number of aromatic nitrogens is 4. The van der Waals surface area contributed by atoms with Crippen molar-refractivity contribution in [1.82, 2.24) is 24.5 Å². The van der Waals surface area contributed by atoms with E-state index in [1.165, 1.54) is 6.07 Å². The second-order valence-electron chi connectivity index (χ2n) is 6.86. The first-order valence-electron chi connectivity index (χ1n) is 8.76. The first kappa shape index (κ1) is 16.1. The Labute approximate surface area is 146 Å². The number of aryl methyl sites for hydroxylation is 2. The van der Waals surface area contributed by atoms with E-state index in [2.05, 4.69) is 28.0 Å². The predicted octanol–water partition coefficient (Wildman–Crippen LogP) is 3.26. The molecule has 1 aliphatic heterocycles. The molecule has 0 unspecified atom stereocenters. The summed E-state index contributed by atoms with van der Waals surface area (Å²) >= 11 is 0. The van der Waals surface area contributed by atoms with E-state index >= 15 is 0 Å². The van der Waals surface area contributed by atoms with Crippen molar-refractivity contribution >= 4 is 5.65 Å². The lowest BCUT2D eigenvalue weighted by molar-refractivity contribution is 0.198. The van der Waals surface area contributed by atoms with E-state index in [4.69, 9.17) is 4.98 Å². The number of nitrogens with zero attached hydrogens (tertiary/aromatic N) is 5. The van der Waals surface area contributed by atoms with E-state index in [-0.39, 0.29) is 5.82 Å².